The van der Waals surface area contributed by atoms with Crippen LogP contribution >= 0.6 is 0 Å². The first-order valence-corrected chi connectivity index (χ1v) is 7.73. The van der Waals surface area contributed by atoms with Gasteiger partial charge in [0.2, 0.25) is 5.91 Å². The fourth-order valence-corrected chi connectivity index (χ4v) is 3.01. The van der Waals surface area contributed by atoms with Gasteiger partial charge in [-0.3, -0.25) is 9.59 Å². The number of carbonyl (C=O) groups is 2. The molecule has 0 bridgehead atoms. The zero-order chi connectivity index (χ0) is 15.1. The quantitative estimate of drug-likeness (QED) is 0.758. The molecule has 0 heterocycles. The highest BCUT2D eigenvalue weighted by Crippen LogP contribution is 2.31. The van der Waals surface area contributed by atoms with Gasteiger partial charge in [0.05, 0.1) is 11.8 Å². The second-order valence-electron chi connectivity index (χ2n) is 5.72. The highest BCUT2D eigenvalue weighted by atomic mass is 16.4. The Hall–Kier alpha value is -1.84. The molecule has 2 atom stereocenters. The van der Waals surface area contributed by atoms with Gasteiger partial charge in [0.15, 0.2) is 0 Å². The molecule has 1 amide bonds. The van der Waals surface area contributed by atoms with Crippen molar-refractivity contribution in [3.63, 3.8) is 0 Å². The number of unbranched alkanes of at least 4 members (excludes halogenated alkanes) is 1. The zero-order valence-corrected chi connectivity index (χ0v) is 12.3. The third-order valence-corrected chi connectivity index (χ3v) is 4.20. The van der Waals surface area contributed by atoms with E-state index in [1.54, 1.807) is 0 Å². The summed E-state index contributed by atoms with van der Waals surface area (Å²) in [5.41, 5.74) is 1.31. The summed E-state index contributed by atoms with van der Waals surface area (Å²) in [6.07, 6.45) is 5.12. The van der Waals surface area contributed by atoms with Crippen molar-refractivity contribution >= 4 is 11.9 Å². The Bertz CT molecular complexity index is 472. The maximum absolute atomic E-state index is 12.0. The summed E-state index contributed by atoms with van der Waals surface area (Å²) in [5, 5.41) is 12.0. The summed E-state index contributed by atoms with van der Waals surface area (Å²) >= 11 is 0. The molecule has 4 heteroatoms. The minimum absolute atomic E-state index is 0.0837. The number of nitrogens with one attached hydrogen (secondary N) is 1. The molecule has 21 heavy (non-hydrogen) atoms. The molecule has 1 aromatic rings. The van der Waals surface area contributed by atoms with Crippen molar-refractivity contribution in [1.82, 2.24) is 5.32 Å². The van der Waals surface area contributed by atoms with E-state index >= 15 is 0 Å². The van der Waals surface area contributed by atoms with Crippen LogP contribution in [0, 0.1) is 11.8 Å². The molecule has 1 saturated carbocycles. The van der Waals surface area contributed by atoms with Crippen molar-refractivity contribution in [2.24, 2.45) is 11.8 Å². The number of aliphatic carboxylic acids is 1. The van der Waals surface area contributed by atoms with Crippen LogP contribution in [0.2, 0.25) is 0 Å². The van der Waals surface area contributed by atoms with E-state index in [1.165, 1.54) is 5.56 Å². The number of aryl methyl sites for hydroxylation is 1. The average molecular weight is 289 g/mol. The van der Waals surface area contributed by atoms with E-state index in [9.17, 15) is 9.59 Å². The molecule has 1 fully saturated rings. The Morgan fingerprint density at radius 2 is 1.81 bits per heavy atom. The van der Waals surface area contributed by atoms with Crippen LogP contribution < -0.4 is 5.32 Å². The number of hydrogen-bond donors (Lipinski definition) is 2. The van der Waals surface area contributed by atoms with Gasteiger partial charge in [-0.1, -0.05) is 36.8 Å². The van der Waals surface area contributed by atoms with E-state index < -0.39 is 11.9 Å². The van der Waals surface area contributed by atoms with E-state index in [4.69, 9.17) is 5.11 Å². The smallest absolute Gasteiger partial charge is 0.307 e. The van der Waals surface area contributed by atoms with Gasteiger partial charge in [0, 0.05) is 6.54 Å². The molecule has 0 aromatic heterocycles. The molecule has 1 aliphatic rings. The van der Waals surface area contributed by atoms with Crippen molar-refractivity contribution in [2.75, 3.05) is 6.54 Å². The van der Waals surface area contributed by atoms with E-state index in [1.807, 2.05) is 18.2 Å². The number of rotatable bonds is 7. The van der Waals surface area contributed by atoms with Crippen LogP contribution in [-0.4, -0.2) is 23.5 Å². The van der Waals surface area contributed by atoms with Crippen molar-refractivity contribution in [3.05, 3.63) is 35.9 Å². The second kappa shape index (κ2) is 7.81. The Morgan fingerprint density at radius 3 is 2.52 bits per heavy atom. The van der Waals surface area contributed by atoms with Crippen LogP contribution in [0.4, 0.5) is 0 Å². The number of benzene rings is 1. The lowest BCUT2D eigenvalue weighted by molar-refractivity contribution is -0.146. The molecule has 4 nitrogen and oxygen atoms in total. The first kappa shape index (κ1) is 15.5. The van der Waals surface area contributed by atoms with Gasteiger partial charge in [-0.15, -0.1) is 0 Å². The maximum atomic E-state index is 12.0. The molecular weight excluding hydrogens is 266 g/mol. The van der Waals surface area contributed by atoms with Crippen LogP contribution in [0.25, 0.3) is 0 Å². The van der Waals surface area contributed by atoms with Crippen LogP contribution in [0.5, 0.6) is 0 Å². The third-order valence-electron chi connectivity index (χ3n) is 4.20. The Morgan fingerprint density at radius 1 is 1.10 bits per heavy atom. The number of carboxylic acids is 1. The SMILES string of the molecule is O=C(O)C1CCCC1C(=O)NCCCCc1ccccc1. The summed E-state index contributed by atoms with van der Waals surface area (Å²) in [4.78, 5) is 23.1. The summed E-state index contributed by atoms with van der Waals surface area (Å²) < 4.78 is 0. The molecule has 1 aliphatic carbocycles. The number of carbonyl (C=O) groups excluding carboxylic acids is 1. The van der Waals surface area contributed by atoms with E-state index in [0.717, 1.165) is 25.7 Å². The third kappa shape index (κ3) is 4.59. The standard InChI is InChI=1S/C17H23NO3/c19-16(14-10-6-11-15(14)17(20)21)18-12-5-4-9-13-7-2-1-3-8-13/h1-3,7-8,14-15H,4-6,9-12H2,(H,18,19)(H,20,21). The van der Waals surface area contributed by atoms with Crippen LogP contribution in [0.1, 0.15) is 37.7 Å². The molecule has 0 aliphatic heterocycles. The maximum Gasteiger partial charge on any atom is 0.307 e. The van der Waals surface area contributed by atoms with Crippen LogP contribution in [0.3, 0.4) is 0 Å². The molecule has 1 aromatic carbocycles. The average Bonchev–Trinajstić information content (AvgIpc) is 2.97. The van der Waals surface area contributed by atoms with Gasteiger partial charge >= 0.3 is 5.97 Å². The Kier molecular flexibility index (Phi) is 5.78. The van der Waals surface area contributed by atoms with Gasteiger partial charge < -0.3 is 10.4 Å². The number of hydrogen-bond acceptors (Lipinski definition) is 2. The first-order valence-electron chi connectivity index (χ1n) is 7.73. The summed E-state index contributed by atoms with van der Waals surface area (Å²) in [6.45, 7) is 0.633. The highest BCUT2D eigenvalue weighted by molar-refractivity contribution is 5.85. The van der Waals surface area contributed by atoms with Crippen LogP contribution in [0.15, 0.2) is 30.3 Å². The largest absolute Gasteiger partial charge is 0.481 e. The minimum Gasteiger partial charge on any atom is -0.481 e. The Balaban J connectivity index is 1.64. The van der Waals surface area contributed by atoms with Gasteiger partial charge in [0.25, 0.3) is 0 Å². The van der Waals surface area contributed by atoms with Gasteiger partial charge in [-0.25, -0.2) is 0 Å². The molecule has 0 radical (unpaired) electrons. The van der Waals surface area contributed by atoms with Crippen molar-refractivity contribution in [1.29, 1.82) is 0 Å². The lowest BCUT2D eigenvalue weighted by atomic mass is 9.95. The normalized spacial score (nSPS) is 21.1. The second-order valence-corrected chi connectivity index (χ2v) is 5.72. The van der Waals surface area contributed by atoms with Crippen LogP contribution in [-0.2, 0) is 16.0 Å². The number of carboxylic acid groups (broad SMARTS) is 1. The lowest BCUT2D eigenvalue weighted by Gasteiger charge is -2.15. The number of amides is 1. The summed E-state index contributed by atoms with van der Waals surface area (Å²) in [7, 11) is 0. The van der Waals surface area contributed by atoms with E-state index in [0.29, 0.717) is 19.4 Å². The zero-order valence-electron chi connectivity index (χ0n) is 12.3. The van der Waals surface area contributed by atoms with Crippen molar-refractivity contribution in [3.8, 4) is 0 Å². The summed E-state index contributed by atoms with van der Waals surface area (Å²) in [6, 6.07) is 10.3. The minimum atomic E-state index is -0.836. The lowest BCUT2D eigenvalue weighted by Crippen LogP contribution is -2.35. The predicted molar refractivity (Wildman–Crippen MR) is 80.9 cm³/mol. The van der Waals surface area contributed by atoms with Gasteiger partial charge in [-0.05, 0) is 37.7 Å². The van der Waals surface area contributed by atoms with Crippen molar-refractivity contribution in [2.45, 2.75) is 38.5 Å². The Labute approximate surface area is 125 Å². The molecule has 0 spiro atoms. The highest BCUT2D eigenvalue weighted by Gasteiger charge is 2.37. The fourth-order valence-electron chi connectivity index (χ4n) is 3.01. The molecule has 2 N–H and O–H groups in total. The molecular formula is C17H23NO3. The topological polar surface area (TPSA) is 66.4 Å². The van der Waals surface area contributed by atoms with Crippen molar-refractivity contribution < 1.29 is 14.7 Å². The van der Waals surface area contributed by atoms with Gasteiger partial charge in [-0.2, -0.15) is 0 Å². The fraction of sp³-hybridized carbons (Fsp3) is 0.529. The molecule has 2 unspecified atom stereocenters. The molecule has 0 saturated heterocycles. The first-order chi connectivity index (χ1) is 10.2. The van der Waals surface area contributed by atoms with E-state index in [-0.39, 0.29) is 11.8 Å². The molecule has 2 rings (SSSR count). The summed E-state index contributed by atoms with van der Waals surface area (Å²) in [5.74, 6) is -1.75. The molecule has 114 valence electrons. The van der Waals surface area contributed by atoms with E-state index in [2.05, 4.69) is 17.4 Å². The van der Waals surface area contributed by atoms with Gasteiger partial charge in [0.1, 0.15) is 0 Å². The monoisotopic (exact) mass is 289 g/mol. The predicted octanol–water partition coefficient (Wildman–Crippen LogP) is 2.63.